The minimum Gasteiger partial charge on any atom is -0.381 e. The fourth-order valence-corrected chi connectivity index (χ4v) is 2.61. The van der Waals surface area contributed by atoms with Gasteiger partial charge in [-0.2, -0.15) is 0 Å². The monoisotopic (exact) mass is 277 g/mol. The van der Waals surface area contributed by atoms with E-state index in [1.165, 1.54) is 18.5 Å². The molecule has 0 bridgehead atoms. The van der Waals surface area contributed by atoms with Crippen LogP contribution in [-0.4, -0.2) is 38.3 Å². The number of nitrogens with one attached hydrogen (secondary N) is 1. The molecule has 1 aromatic rings. The van der Waals surface area contributed by atoms with Gasteiger partial charge in [0.15, 0.2) is 0 Å². The zero-order valence-corrected chi connectivity index (χ0v) is 12.8. The Balaban J connectivity index is 1.88. The quantitative estimate of drug-likeness (QED) is 0.777. The van der Waals surface area contributed by atoms with Crippen LogP contribution in [-0.2, 0) is 11.3 Å². The van der Waals surface area contributed by atoms with Crippen molar-refractivity contribution in [2.75, 3.05) is 38.3 Å². The second kappa shape index (κ2) is 8.22. The molecule has 20 heavy (non-hydrogen) atoms. The van der Waals surface area contributed by atoms with Crippen molar-refractivity contribution >= 4 is 5.69 Å². The van der Waals surface area contributed by atoms with E-state index in [0.29, 0.717) is 0 Å². The maximum atomic E-state index is 5.42. The van der Waals surface area contributed by atoms with Crippen LogP contribution in [0.1, 0.15) is 31.9 Å². The number of pyridine rings is 1. The highest BCUT2D eigenvalue weighted by Crippen LogP contribution is 2.20. The van der Waals surface area contributed by atoms with Gasteiger partial charge in [0.2, 0.25) is 0 Å². The molecule has 4 nitrogen and oxygen atoms in total. The maximum Gasteiger partial charge on any atom is 0.0562 e. The van der Waals surface area contributed by atoms with Gasteiger partial charge in [-0.3, -0.25) is 4.98 Å². The summed E-state index contributed by atoms with van der Waals surface area (Å²) in [5.41, 5.74) is 2.38. The summed E-state index contributed by atoms with van der Waals surface area (Å²) in [4.78, 5) is 6.78. The summed E-state index contributed by atoms with van der Waals surface area (Å²) in [6.45, 7) is 7.02. The standard InChI is InChI=1S/C16H27N3O/c1-3-7-17-12-15-11-16(4-8-18-15)19(2)13-14-5-9-20-10-6-14/h4,8,11,14,17H,3,5-7,9-10,12-13H2,1-2H3. The molecule has 2 rings (SSSR count). The molecule has 1 fully saturated rings. The van der Waals surface area contributed by atoms with E-state index in [9.17, 15) is 0 Å². The van der Waals surface area contributed by atoms with E-state index in [2.05, 4.69) is 41.3 Å². The Morgan fingerprint density at radius 2 is 2.20 bits per heavy atom. The first-order chi connectivity index (χ1) is 9.79. The van der Waals surface area contributed by atoms with Crippen LogP contribution in [0, 0.1) is 5.92 Å². The third-order valence-corrected chi connectivity index (χ3v) is 3.85. The molecule has 2 heterocycles. The van der Waals surface area contributed by atoms with E-state index in [-0.39, 0.29) is 0 Å². The van der Waals surface area contributed by atoms with Crippen LogP contribution in [0.3, 0.4) is 0 Å². The topological polar surface area (TPSA) is 37.4 Å². The fraction of sp³-hybridized carbons (Fsp3) is 0.688. The van der Waals surface area contributed by atoms with Gasteiger partial charge >= 0.3 is 0 Å². The lowest BCUT2D eigenvalue weighted by Crippen LogP contribution is -2.29. The van der Waals surface area contributed by atoms with Crippen LogP contribution in [0.15, 0.2) is 18.3 Å². The van der Waals surface area contributed by atoms with Crippen LogP contribution < -0.4 is 10.2 Å². The van der Waals surface area contributed by atoms with Crippen LogP contribution >= 0.6 is 0 Å². The molecular formula is C16H27N3O. The van der Waals surface area contributed by atoms with Gasteiger partial charge in [0.25, 0.3) is 0 Å². The van der Waals surface area contributed by atoms with Crippen molar-refractivity contribution in [1.82, 2.24) is 10.3 Å². The lowest BCUT2D eigenvalue weighted by Gasteiger charge is -2.28. The first kappa shape index (κ1) is 15.3. The van der Waals surface area contributed by atoms with Gasteiger partial charge in [0, 0.05) is 45.2 Å². The Hall–Kier alpha value is -1.13. The number of ether oxygens (including phenoxy) is 1. The molecule has 4 heteroatoms. The van der Waals surface area contributed by atoms with Crippen LogP contribution in [0.5, 0.6) is 0 Å². The molecule has 0 aromatic carbocycles. The van der Waals surface area contributed by atoms with E-state index in [1.54, 1.807) is 0 Å². The van der Waals surface area contributed by atoms with Gasteiger partial charge in [-0.05, 0) is 43.9 Å². The lowest BCUT2D eigenvalue weighted by atomic mass is 10.00. The average Bonchev–Trinajstić information content (AvgIpc) is 2.49. The third kappa shape index (κ3) is 4.76. The van der Waals surface area contributed by atoms with Crippen molar-refractivity contribution in [1.29, 1.82) is 0 Å². The largest absolute Gasteiger partial charge is 0.381 e. The highest BCUT2D eigenvalue weighted by atomic mass is 16.5. The Morgan fingerprint density at radius 3 is 2.95 bits per heavy atom. The van der Waals surface area contributed by atoms with Gasteiger partial charge in [-0.25, -0.2) is 0 Å². The van der Waals surface area contributed by atoms with E-state index in [4.69, 9.17) is 4.74 Å². The molecule has 112 valence electrons. The molecule has 1 aliphatic heterocycles. The van der Waals surface area contributed by atoms with Gasteiger partial charge < -0.3 is 15.0 Å². The van der Waals surface area contributed by atoms with Gasteiger partial charge in [-0.1, -0.05) is 6.92 Å². The summed E-state index contributed by atoms with van der Waals surface area (Å²) in [7, 11) is 2.17. The predicted octanol–water partition coefficient (Wildman–Crippen LogP) is 2.44. The number of anilines is 1. The van der Waals surface area contributed by atoms with Gasteiger partial charge in [-0.15, -0.1) is 0 Å². The zero-order valence-electron chi connectivity index (χ0n) is 12.8. The summed E-state index contributed by atoms with van der Waals surface area (Å²) >= 11 is 0. The SMILES string of the molecule is CCCNCc1cc(N(C)CC2CCOCC2)ccn1. The number of hydrogen-bond acceptors (Lipinski definition) is 4. The summed E-state index contributed by atoms with van der Waals surface area (Å²) in [6, 6.07) is 4.30. The molecule has 0 radical (unpaired) electrons. The Kier molecular flexibility index (Phi) is 6.27. The van der Waals surface area contributed by atoms with Crippen LogP contribution in [0.25, 0.3) is 0 Å². The first-order valence-electron chi connectivity index (χ1n) is 7.74. The zero-order chi connectivity index (χ0) is 14.2. The molecule has 0 atom stereocenters. The van der Waals surface area contributed by atoms with Crippen molar-refractivity contribution < 1.29 is 4.74 Å². The minimum atomic E-state index is 0.753. The summed E-state index contributed by atoms with van der Waals surface area (Å²) in [6.07, 6.45) is 5.43. The molecule has 0 saturated carbocycles. The van der Waals surface area contributed by atoms with Crippen molar-refractivity contribution in [3.8, 4) is 0 Å². The molecule has 1 N–H and O–H groups in total. The highest BCUT2D eigenvalue weighted by Gasteiger charge is 2.16. The van der Waals surface area contributed by atoms with Crippen molar-refractivity contribution in [2.45, 2.75) is 32.7 Å². The van der Waals surface area contributed by atoms with Gasteiger partial charge in [0.05, 0.1) is 5.69 Å². The molecule has 1 saturated heterocycles. The second-order valence-corrected chi connectivity index (χ2v) is 5.62. The Labute approximate surface area is 122 Å². The molecule has 0 spiro atoms. The number of nitrogens with zero attached hydrogens (tertiary/aromatic N) is 2. The summed E-state index contributed by atoms with van der Waals surface area (Å²) in [5.74, 6) is 0.753. The van der Waals surface area contributed by atoms with E-state index < -0.39 is 0 Å². The normalized spacial score (nSPS) is 16.3. The molecular weight excluding hydrogens is 250 g/mol. The van der Waals surface area contributed by atoms with Gasteiger partial charge in [0.1, 0.15) is 0 Å². The number of rotatable bonds is 7. The van der Waals surface area contributed by atoms with E-state index >= 15 is 0 Å². The fourth-order valence-electron chi connectivity index (χ4n) is 2.61. The van der Waals surface area contributed by atoms with E-state index in [1.807, 2.05) is 6.20 Å². The maximum absolute atomic E-state index is 5.42. The molecule has 0 aliphatic carbocycles. The van der Waals surface area contributed by atoms with Crippen LogP contribution in [0.2, 0.25) is 0 Å². The second-order valence-electron chi connectivity index (χ2n) is 5.62. The van der Waals surface area contributed by atoms with Crippen molar-refractivity contribution in [2.24, 2.45) is 5.92 Å². The average molecular weight is 277 g/mol. The Bertz CT molecular complexity index is 391. The molecule has 1 aromatic heterocycles. The minimum absolute atomic E-state index is 0.753. The van der Waals surface area contributed by atoms with Crippen molar-refractivity contribution in [3.05, 3.63) is 24.0 Å². The highest BCUT2D eigenvalue weighted by molar-refractivity contribution is 5.45. The number of aromatic nitrogens is 1. The molecule has 0 amide bonds. The summed E-state index contributed by atoms with van der Waals surface area (Å²) < 4.78 is 5.42. The van der Waals surface area contributed by atoms with Crippen LogP contribution in [0.4, 0.5) is 5.69 Å². The Morgan fingerprint density at radius 1 is 1.40 bits per heavy atom. The lowest BCUT2D eigenvalue weighted by molar-refractivity contribution is 0.0685. The molecule has 1 aliphatic rings. The smallest absolute Gasteiger partial charge is 0.0562 e. The van der Waals surface area contributed by atoms with Crippen molar-refractivity contribution in [3.63, 3.8) is 0 Å². The predicted molar refractivity (Wildman–Crippen MR) is 83.0 cm³/mol. The van der Waals surface area contributed by atoms with E-state index in [0.717, 1.165) is 50.9 Å². The summed E-state index contributed by atoms with van der Waals surface area (Å²) in [5, 5.41) is 3.40. The number of hydrogen-bond donors (Lipinski definition) is 1. The first-order valence-corrected chi connectivity index (χ1v) is 7.74. The molecule has 0 unspecified atom stereocenters. The third-order valence-electron chi connectivity index (χ3n) is 3.85.